The average molecular weight is 472 g/mol. The highest BCUT2D eigenvalue weighted by Gasteiger charge is 2.30. The number of benzene rings is 2. The van der Waals surface area contributed by atoms with Crippen LogP contribution in [0, 0.1) is 0 Å². The molecular formula is C23H19F3N4O2S. The lowest BCUT2D eigenvalue weighted by molar-refractivity contribution is -0.137. The normalized spacial score (nSPS) is 11.5. The molecule has 0 aliphatic heterocycles. The van der Waals surface area contributed by atoms with E-state index in [1.165, 1.54) is 17.4 Å². The fourth-order valence-electron chi connectivity index (χ4n) is 3.15. The molecule has 0 bridgehead atoms. The number of hydrogen-bond acceptors (Lipinski definition) is 6. The van der Waals surface area contributed by atoms with Gasteiger partial charge in [0.25, 0.3) is 0 Å². The second kappa shape index (κ2) is 9.95. The van der Waals surface area contributed by atoms with Crippen LogP contribution in [0.3, 0.4) is 0 Å². The van der Waals surface area contributed by atoms with E-state index in [4.69, 9.17) is 4.52 Å². The molecule has 0 aliphatic carbocycles. The van der Waals surface area contributed by atoms with Gasteiger partial charge in [0, 0.05) is 35.9 Å². The molecule has 170 valence electrons. The molecular weight excluding hydrogens is 453 g/mol. The Labute approximate surface area is 191 Å². The SMILES string of the molecule is O=C(CCCc1nc(-c2ccccc2)no1)Nc1ncc(Cc2cccc(C(F)(F)F)c2)s1. The number of nitrogens with zero attached hydrogens (tertiary/aromatic N) is 3. The zero-order chi connectivity index (χ0) is 23.3. The van der Waals surface area contributed by atoms with Crippen molar-refractivity contribution in [3.8, 4) is 11.4 Å². The van der Waals surface area contributed by atoms with Gasteiger partial charge in [-0.25, -0.2) is 4.98 Å². The van der Waals surface area contributed by atoms with Crippen LogP contribution in [0.5, 0.6) is 0 Å². The molecule has 0 saturated carbocycles. The number of nitrogens with one attached hydrogen (secondary N) is 1. The van der Waals surface area contributed by atoms with Crippen LogP contribution >= 0.6 is 11.3 Å². The largest absolute Gasteiger partial charge is 0.416 e. The van der Waals surface area contributed by atoms with Crippen molar-refractivity contribution in [1.82, 2.24) is 15.1 Å². The summed E-state index contributed by atoms with van der Waals surface area (Å²) in [6.45, 7) is 0. The predicted octanol–water partition coefficient (Wildman–Crippen LogP) is 5.76. The molecule has 1 N–H and O–H groups in total. The third kappa shape index (κ3) is 6.26. The smallest absolute Gasteiger partial charge is 0.339 e. The van der Waals surface area contributed by atoms with E-state index in [0.717, 1.165) is 22.6 Å². The zero-order valence-electron chi connectivity index (χ0n) is 17.3. The van der Waals surface area contributed by atoms with Gasteiger partial charge in [0.15, 0.2) is 5.13 Å². The van der Waals surface area contributed by atoms with Gasteiger partial charge in [0.05, 0.1) is 5.56 Å². The topological polar surface area (TPSA) is 80.9 Å². The molecule has 2 aromatic carbocycles. The molecule has 0 radical (unpaired) electrons. The Balaban J connectivity index is 1.25. The van der Waals surface area contributed by atoms with Crippen LogP contribution in [0.2, 0.25) is 0 Å². The molecule has 10 heteroatoms. The van der Waals surface area contributed by atoms with Gasteiger partial charge < -0.3 is 9.84 Å². The Morgan fingerprint density at radius 2 is 1.91 bits per heavy atom. The van der Waals surface area contributed by atoms with E-state index in [1.807, 2.05) is 30.3 Å². The summed E-state index contributed by atoms with van der Waals surface area (Å²) >= 11 is 1.24. The van der Waals surface area contributed by atoms with Gasteiger partial charge in [-0.15, -0.1) is 11.3 Å². The maximum absolute atomic E-state index is 12.9. The molecule has 0 fully saturated rings. The first kappa shape index (κ1) is 22.7. The first-order chi connectivity index (χ1) is 15.9. The maximum atomic E-state index is 12.9. The number of thiazole rings is 1. The van der Waals surface area contributed by atoms with Crippen LogP contribution < -0.4 is 5.32 Å². The quantitative estimate of drug-likeness (QED) is 0.352. The van der Waals surface area contributed by atoms with Crippen molar-refractivity contribution in [2.24, 2.45) is 0 Å². The number of amides is 1. The van der Waals surface area contributed by atoms with Crippen molar-refractivity contribution < 1.29 is 22.5 Å². The van der Waals surface area contributed by atoms with E-state index in [0.29, 0.717) is 41.7 Å². The summed E-state index contributed by atoms with van der Waals surface area (Å²) in [7, 11) is 0. The number of rotatable bonds is 8. The van der Waals surface area contributed by atoms with Gasteiger partial charge in [-0.3, -0.25) is 4.79 Å². The van der Waals surface area contributed by atoms with Crippen LogP contribution in [0.1, 0.15) is 34.7 Å². The van der Waals surface area contributed by atoms with Gasteiger partial charge in [-0.2, -0.15) is 18.2 Å². The van der Waals surface area contributed by atoms with Crippen molar-refractivity contribution >= 4 is 22.4 Å². The Kier molecular flexibility index (Phi) is 6.83. The lowest BCUT2D eigenvalue weighted by Gasteiger charge is -2.07. The molecule has 0 aliphatic rings. The molecule has 6 nitrogen and oxygen atoms in total. The third-order valence-corrected chi connectivity index (χ3v) is 5.64. The molecule has 4 rings (SSSR count). The molecule has 0 unspecified atom stereocenters. The van der Waals surface area contributed by atoms with Gasteiger partial charge >= 0.3 is 6.18 Å². The van der Waals surface area contributed by atoms with E-state index in [-0.39, 0.29) is 12.3 Å². The fourth-order valence-corrected chi connectivity index (χ4v) is 4.01. The summed E-state index contributed by atoms with van der Waals surface area (Å²) in [4.78, 5) is 21.5. The van der Waals surface area contributed by atoms with E-state index in [2.05, 4.69) is 20.4 Å². The highest BCUT2D eigenvalue weighted by atomic mass is 32.1. The van der Waals surface area contributed by atoms with Crippen LogP contribution in [0.4, 0.5) is 18.3 Å². The Bertz CT molecular complexity index is 1220. The van der Waals surface area contributed by atoms with E-state index in [1.54, 1.807) is 12.3 Å². The summed E-state index contributed by atoms with van der Waals surface area (Å²) in [5.74, 6) is 0.753. The summed E-state index contributed by atoms with van der Waals surface area (Å²) < 4.78 is 43.9. The van der Waals surface area contributed by atoms with Crippen LogP contribution in [0.15, 0.2) is 65.3 Å². The highest BCUT2D eigenvalue weighted by molar-refractivity contribution is 7.15. The lowest BCUT2D eigenvalue weighted by atomic mass is 10.1. The first-order valence-corrected chi connectivity index (χ1v) is 11.0. The molecule has 2 aromatic heterocycles. The summed E-state index contributed by atoms with van der Waals surface area (Å²) in [6.07, 6.45) is -1.29. The van der Waals surface area contributed by atoms with Crippen molar-refractivity contribution in [2.45, 2.75) is 31.9 Å². The molecule has 4 aromatic rings. The van der Waals surface area contributed by atoms with Crippen molar-refractivity contribution in [2.75, 3.05) is 5.32 Å². The fraction of sp³-hybridized carbons (Fsp3) is 0.217. The zero-order valence-corrected chi connectivity index (χ0v) is 18.1. The van der Waals surface area contributed by atoms with Crippen LogP contribution in [0.25, 0.3) is 11.4 Å². The number of hydrogen-bond donors (Lipinski definition) is 1. The van der Waals surface area contributed by atoms with Gasteiger partial charge in [0.2, 0.25) is 17.6 Å². The standard InChI is InChI=1S/C23H19F3N4O2S/c24-23(25,26)17-9-4-6-15(12-17)13-18-14-27-22(33-18)28-19(31)10-5-11-20-29-21(30-32-20)16-7-2-1-3-8-16/h1-4,6-9,12,14H,5,10-11,13H2,(H,27,28,31). The molecule has 1 amide bonds. The van der Waals surface area contributed by atoms with Gasteiger partial charge in [0.1, 0.15) is 0 Å². The minimum absolute atomic E-state index is 0.210. The third-order valence-electron chi connectivity index (χ3n) is 4.73. The number of aryl methyl sites for hydroxylation is 1. The highest BCUT2D eigenvalue weighted by Crippen LogP contribution is 2.30. The van der Waals surface area contributed by atoms with Crippen LogP contribution in [-0.2, 0) is 23.8 Å². The molecule has 2 heterocycles. The Hall–Kier alpha value is -3.53. The minimum Gasteiger partial charge on any atom is -0.339 e. The number of carbonyl (C=O) groups is 1. The second-order valence-electron chi connectivity index (χ2n) is 7.29. The summed E-state index contributed by atoms with van der Waals surface area (Å²) in [5, 5.41) is 7.08. The maximum Gasteiger partial charge on any atom is 0.416 e. The lowest BCUT2D eigenvalue weighted by Crippen LogP contribution is -2.11. The minimum atomic E-state index is -4.38. The van der Waals surface area contributed by atoms with Gasteiger partial charge in [-0.05, 0) is 18.1 Å². The van der Waals surface area contributed by atoms with Crippen molar-refractivity contribution in [3.05, 3.63) is 82.7 Å². The second-order valence-corrected chi connectivity index (χ2v) is 8.40. The molecule has 33 heavy (non-hydrogen) atoms. The van der Waals surface area contributed by atoms with E-state index < -0.39 is 11.7 Å². The van der Waals surface area contributed by atoms with Crippen molar-refractivity contribution in [3.63, 3.8) is 0 Å². The molecule has 0 spiro atoms. The number of halogens is 3. The first-order valence-electron chi connectivity index (χ1n) is 10.2. The van der Waals surface area contributed by atoms with Crippen LogP contribution in [-0.4, -0.2) is 21.0 Å². The predicted molar refractivity (Wildman–Crippen MR) is 118 cm³/mol. The average Bonchev–Trinajstić information content (AvgIpc) is 3.44. The van der Waals surface area contributed by atoms with E-state index in [9.17, 15) is 18.0 Å². The molecule has 0 saturated heterocycles. The number of aromatic nitrogens is 3. The summed E-state index contributed by atoms with van der Waals surface area (Å²) in [6, 6.07) is 14.6. The number of carbonyl (C=O) groups excluding carboxylic acids is 1. The number of anilines is 1. The summed E-state index contributed by atoms with van der Waals surface area (Å²) in [5.41, 5.74) is 0.700. The Morgan fingerprint density at radius 1 is 1.09 bits per heavy atom. The monoisotopic (exact) mass is 472 g/mol. The van der Waals surface area contributed by atoms with Crippen molar-refractivity contribution in [1.29, 1.82) is 0 Å². The van der Waals surface area contributed by atoms with Gasteiger partial charge in [-0.1, -0.05) is 53.7 Å². The number of alkyl halides is 3. The molecule has 0 atom stereocenters. The van der Waals surface area contributed by atoms with E-state index >= 15 is 0 Å². The Morgan fingerprint density at radius 3 is 2.70 bits per heavy atom.